The molecule has 25 heavy (non-hydrogen) atoms. The summed E-state index contributed by atoms with van der Waals surface area (Å²) in [6.07, 6.45) is 1.55. The first kappa shape index (κ1) is 17.1. The van der Waals surface area contributed by atoms with Crippen LogP contribution in [0, 0.1) is 13.8 Å². The summed E-state index contributed by atoms with van der Waals surface area (Å²) in [6.45, 7) is 4.55. The van der Waals surface area contributed by atoms with Gasteiger partial charge in [0.1, 0.15) is 5.01 Å². The zero-order valence-electron chi connectivity index (χ0n) is 14.2. The molecular formula is C17H20N6OS. The van der Waals surface area contributed by atoms with Gasteiger partial charge in [0.05, 0.1) is 11.4 Å². The molecule has 8 heteroatoms. The number of nitrogens with one attached hydrogen (secondary N) is 1. The summed E-state index contributed by atoms with van der Waals surface area (Å²) >= 11 is 1.38. The van der Waals surface area contributed by atoms with Crippen molar-refractivity contribution in [1.82, 2.24) is 25.3 Å². The third-order valence-electron chi connectivity index (χ3n) is 3.72. The van der Waals surface area contributed by atoms with Crippen molar-refractivity contribution < 1.29 is 4.79 Å². The summed E-state index contributed by atoms with van der Waals surface area (Å²) < 4.78 is 1.87. The van der Waals surface area contributed by atoms with E-state index in [1.807, 2.05) is 48.9 Å². The fraction of sp³-hybridized carbons (Fsp3) is 0.294. The van der Waals surface area contributed by atoms with Crippen LogP contribution in [0.1, 0.15) is 33.2 Å². The second-order valence-electron chi connectivity index (χ2n) is 5.78. The first-order chi connectivity index (χ1) is 12.0. The van der Waals surface area contributed by atoms with Crippen molar-refractivity contribution in [2.24, 2.45) is 0 Å². The molecule has 3 rings (SSSR count). The smallest absolute Gasteiger partial charge is 0.251 e. The first-order valence-electron chi connectivity index (χ1n) is 8.02. The fourth-order valence-electron chi connectivity index (χ4n) is 2.56. The monoisotopic (exact) mass is 356 g/mol. The highest BCUT2D eigenvalue weighted by atomic mass is 32.1. The van der Waals surface area contributed by atoms with E-state index >= 15 is 0 Å². The standard InChI is InChI=1S/C17H20N6OS/c1-11-10-12(2)23(22-11)14-7-5-13(6-8-14)16(24)19-9-3-4-15-20-21-17(18)25-15/h5-8,10H,3-4,9H2,1-2H3,(H2,18,21)(H,19,24). The van der Waals surface area contributed by atoms with Crippen LogP contribution in [0.15, 0.2) is 30.3 Å². The Labute approximate surface area is 149 Å². The van der Waals surface area contributed by atoms with Crippen molar-refractivity contribution in [1.29, 1.82) is 0 Å². The Kier molecular flexibility index (Phi) is 5.08. The molecule has 0 spiro atoms. The molecule has 130 valence electrons. The Bertz CT molecular complexity index is 868. The summed E-state index contributed by atoms with van der Waals surface area (Å²) in [7, 11) is 0. The predicted octanol–water partition coefficient (Wildman–Crippen LogP) is 2.29. The summed E-state index contributed by atoms with van der Waals surface area (Å²) in [4.78, 5) is 12.2. The van der Waals surface area contributed by atoms with Crippen LogP contribution in [0.4, 0.5) is 5.13 Å². The molecule has 7 nitrogen and oxygen atoms in total. The molecule has 0 saturated carbocycles. The first-order valence-corrected chi connectivity index (χ1v) is 8.84. The highest BCUT2D eigenvalue weighted by Gasteiger charge is 2.08. The van der Waals surface area contributed by atoms with Crippen LogP contribution in [0.5, 0.6) is 0 Å². The number of hydrogen-bond donors (Lipinski definition) is 2. The van der Waals surface area contributed by atoms with Crippen molar-refractivity contribution in [3.63, 3.8) is 0 Å². The Morgan fingerprint density at radius 3 is 2.60 bits per heavy atom. The van der Waals surface area contributed by atoms with E-state index in [2.05, 4.69) is 20.6 Å². The highest BCUT2D eigenvalue weighted by molar-refractivity contribution is 7.15. The van der Waals surface area contributed by atoms with Gasteiger partial charge in [-0.25, -0.2) is 4.68 Å². The minimum atomic E-state index is -0.0864. The summed E-state index contributed by atoms with van der Waals surface area (Å²) in [5.74, 6) is -0.0864. The van der Waals surface area contributed by atoms with Gasteiger partial charge in [-0.15, -0.1) is 10.2 Å². The number of rotatable bonds is 6. The number of nitrogens with two attached hydrogens (primary N) is 1. The number of carbonyl (C=O) groups excluding carboxylic acids is 1. The molecule has 0 fully saturated rings. The number of benzene rings is 1. The molecule has 0 aliphatic heterocycles. The molecule has 0 unspecified atom stereocenters. The minimum absolute atomic E-state index is 0.0864. The maximum atomic E-state index is 12.2. The van der Waals surface area contributed by atoms with Crippen LogP contribution in [0.3, 0.4) is 0 Å². The lowest BCUT2D eigenvalue weighted by Crippen LogP contribution is -2.24. The number of carbonyl (C=O) groups is 1. The van der Waals surface area contributed by atoms with Crippen LogP contribution in [0.2, 0.25) is 0 Å². The number of hydrogen-bond acceptors (Lipinski definition) is 6. The molecule has 0 atom stereocenters. The van der Waals surface area contributed by atoms with E-state index in [-0.39, 0.29) is 5.91 Å². The van der Waals surface area contributed by atoms with Crippen molar-refractivity contribution in [2.45, 2.75) is 26.7 Å². The van der Waals surface area contributed by atoms with E-state index in [1.54, 1.807) is 0 Å². The Morgan fingerprint density at radius 1 is 1.24 bits per heavy atom. The van der Waals surface area contributed by atoms with E-state index < -0.39 is 0 Å². The van der Waals surface area contributed by atoms with Crippen molar-refractivity contribution in [3.8, 4) is 5.69 Å². The van der Waals surface area contributed by atoms with Gasteiger partial charge >= 0.3 is 0 Å². The molecule has 0 aliphatic carbocycles. The van der Waals surface area contributed by atoms with E-state index in [0.717, 1.165) is 34.9 Å². The average molecular weight is 356 g/mol. The number of amides is 1. The molecule has 1 aromatic carbocycles. The van der Waals surface area contributed by atoms with Crippen LogP contribution >= 0.6 is 11.3 Å². The molecule has 3 aromatic rings. The lowest BCUT2D eigenvalue weighted by atomic mass is 10.2. The van der Waals surface area contributed by atoms with E-state index in [0.29, 0.717) is 17.2 Å². The second-order valence-corrected chi connectivity index (χ2v) is 6.87. The van der Waals surface area contributed by atoms with Crippen molar-refractivity contribution >= 4 is 22.4 Å². The molecule has 3 N–H and O–H groups in total. The van der Waals surface area contributed by atoms with E-state index in [4.69, 9.17) is 5.73 Å². The third-order valence-corrected chi connectivity index (χ3v) is 4.53. The zero-order valence-corrected chi connectivity index (χ0v) is 15.0. The average Bonchev–Trinajstić information content (AvgIpc) is 3.16. The SMILES string of the molecule is Cc1cc(C)n(-c2ccc(C(=O)NCCCc3nnc(N)s3)cc2)n1. The number of anilines is 1. The van der Waals surface area contributed by atoms with Gasteiger partial charge in [0.25, 0.3) is 5.91 Å². The van der Waals surface area contributed by atoms with Gasteiger partial charge < -0.3 is 11.1 Å². The molecule has 1 amide bonds. The quantitative estimate of drug-likeness (QED) is 0.660. The molecular weight excluding hydrogens is 336 g/mol. The molecule has 0 radical (unpaired) electrons. The van der Waals surface area contributed by atoms with Gasteiger partial charge in [-0.2, -0.15) is 5.10 Å². The number of nitrogens with zero attached hydrogens (tertiary/aromatic N) is 4. The lowest BCUT2D eigenvalue weighted by molar-refractivity contribution is 0.0953. The van der Waals surface area contributed by atoms with E-state index in [9.17, 15) is 4.79 Å². The largest absolute Gasteiger partial charge is 0.374 e. The van der Waals surface area contributed by atoms with Crippen LogP contribution in [-0.4, -0.2) is 32.4 Å². The van der Waals surface area contributed by atoms with Crippen molar-refractivity contribution in [3.05, 3.63) is 52.3 Å². The Hall–Kier alpha value is -2.74. The third kappa shape index (κ3) is 4.21. The van der Waals surface area contributed by atoms with Crippen LogP contribution in [0.25, 0.3) is 5.69 Å². The molecule has 0 bridgehead atoms. The van der Waals surface area contributed by atoms with Crippen LogP contribution < -0.4 is 11.1 Å². The van der Waals surface area contributed by atoms with Gasteiger partial charge in [-0.05, 0) is 50.6 Å². The van der Waals surface area contributed by atoms with Crippen LogP contribution in [-0.2, 0) is 6.42 Å². The van der Waals surface area contributed by atoms with Gasteiger partial charge in [0.15, 0.2) is 0 Å². The summed E-state index contributed by atoms with van der Waals surface area (Å²) in [5.41, 5.74) is 9.14. The number of aryl methyl sites for hydroxylation is 3. The predicted molar refractivity (Wildman–Crippen MR) is 98.0 cm³/mol. The summed E-state index contributed by atoms with van der Waals surface area (Å²) in [6, 6.07) is 9.45. The molecule has 2 heterocycles. The molecule has 0 saturated heterocycles. The Balaban J connectivity index is 1.53. The molecule has 0 aliphatic rings. The minimum Gasteiger partial charge on any atom is -0.374 e. The second kappa shape index (κ2) is 7.43. The Morgan fingerprint density at radius 2 is 2.00 bits per heavy atom. The number of nitrogen functional groups attached to an aromatic ring is 1. The summed E-state index contributed by atoms with van der Waals surface area (Å²) in [5, 5.41) is 16.5. The maximum Gasteiger partial charge on any atom is 0.251 e. The van der Waals surface area contributed by atoms with Gasteiger partial charge in [-0.3, -0.25) is 4.79 Å². The maximum absolute atomic E-state index is 12.2. The highest BCUT2D eigenvalue weighted by Crippen LogP contribution is 2.14. The normalized spacial score (nSPS) is 10.8. The molecule has 2 aromatic heterocycles. The van der Waals surface area contributed by atoms with Gasteiger partial charge in [-0.1, -0.05) is 11.3 Å². The fourth-order valence-corrected chi connectivity index (χ4v) is 3.21. The zero-order chi connectivity index (χ0) is 17.8. The number of aromatic nitrogens is 4. The van der Waals surface area contributed by atoms with Gasteiger partial charge in [0.2, 0.25) is 5.13 Å². The van der Waals surface area contributed by atoms with Crippen molar-refractivity contribution in [2.75, 3.05) is 12.3 Å². The van der Waals surface area contributed by atoms with E-state index in [1.165, 1.54) is 11.3 Å². The van der Waals surface area contributed by atoms with Gasteiger partial charge in [0, 0.05) is 24.2 Å². The topological polar surface area (TPSA) is 98.7 Å². The lowest BCUT2D eigenvalue weighted by Gasteiger charge is -2.07.